The van der Waals surface area contributed by atoms with Gasteiger partial charge in [0.05, 0.1) is 17.9 Å². The third-order valence-electron chi connectivity index (χ3n) is 9.36. The first-order chi connectivity index (χ1) is 19.6. The van der Waals surface area contributed by atoms with Crippen LogP contribution in [0, 0.1) is 29.5 Å². The number of fused-ring (bicyclic) bond motifs is 1. The van der Waals surface area contributed by atoms with Crippen LogP contribution in [0.4, 0.5) is 10.1 Å². The minimum Gasteiger partial charge on any atom is -0.359 e. The van der Waals surface area contributed by atoms with E-state index in [0.717, 1.165) is 19.3 Å². The summed E-state index contributed by atoms with van der Waals surface area (Å²) in [5.41, 5.74) is -0.234. The summed E-state index contributed by atoms with van der Waals surface area (Å²) in [4.78, 5) is 43.5. The Balaban J connectivity index is 1.33. The number of rotatable bonds is 6. The van der Waals surface area contributed by atoms with Crippen molar-refractivity contribution in [1.82, 2.24) is 10.2 Å². The highest BCUT2D eigenvalue weighted by molar-refractivity contribution is 6.35. The number of nitrogens with one attached hydrogen (secondary N) is 2. The van der Waals surface area contributed by atoms with Gasteiger partial charge in [0, 0.05) is 28.3 Å². The van der Waals surface area contributed by atoms with Crippen molar-refractivity contribution in [2.75, 3.05) is 5.32 Å². The molecule has 4 aliphatic rings. The molecule has 3 heterocycles. The molecule has 41 heavy (non-hydrogen) atoms. The molecule has 1 spiro atoms. The molecule has 8 atom stereocenters. The Bertz CT molecular complexity index is 1400. The van der Waals surface area contributed by atoms with Crippen molar-refractivity contribution in [3.8, 4) is 0 Å². The van der Waals surface area contributed by atoms with Crippen molar-refractivity contribution in [2.24, 2.45) is 23.7 Å². The fourth-order valence-corrected chi connectivity index (χ4v) is 7.65. The minimum atomic E-state index is -1.30. The fourth-order valence-electron chi connectivity index (χ4n) is 7.12. The zero-order valence-electron chi connectivity index (χ0n) is 22.8. The topological polar surface area (TPSA) is 87.7 Å². The molecule has 0 unspecified atom stereocenters. The molecule has 216 valence electrons. The van der Waals surface area contributed by atoms with Gasteiger partial charge in [-0.2, -0.15) is 0 Å². The van der Waals surface area contributed by atoms with Gasteiger partial charge >= 0.3 is 0 Å². The van der Waals surface area contributed by atoms with Crippen molar-refractivity contribution >= 4 is 46.6 Å². The van der Waals surface area contributed by atoms with Crippen LogP contribution in [0.3, 0.4) is 0 Å². The van der Waals surface area contributed by atoms with E-state index in [-0.39, 0.29) is 30.3 Å². The number of ether oxygens (including phenoxy) is 1. The number of likely N-dealkylation sites (tertiary alicyclic amines) is 1. The van der Waals surface area contributed by atoms with Gasteiger partial charge < -0.3 is 20.3 Å². The van der Waals surface area contributed by atoms with E-state index in [1.54, 1.807) is 42.5 Å². The minimum absolute atomic E-state index is 0.0290. The Morgan fingerprint density at radius 3 is 2.49 bits per heavy atom. The van der Waals surface area contributed by atoms with Gasteiger partial charge in [-0.1, -0.05) is 74.2 Å². The Morgan fingerprint density at radius 1 is 1.07 bits per heavy atom. The van der Waals surface area contributed by atoms with Gasteiger partial charge in [-0.15, -0.1) is 0 Å². The second kappa shape index (κ2) is 10.7. The normalized spacial score (nSPS) is 33.6. The molecular formula is C31H32Cl2FN3O4. The van der Waals surface area contributed by atoms with Crippen molar-refractivity contribution in [3.63, 3.8) is 0 Å². The fraction of sp³-hybridized carbons (Fsp3) is 0.452. The summed E-state index contributed by atoms with van der Waals surface area (Å²) in [6, 6.07) is 9.52. The van der Waals surface area contributed by atoms with Crippen molar-refractivity contribution in [1.29, 1.82) is 0 Å². The number of hydrogen-bond donors (Lipinski definition) is 2. The standard InChI is InChI=1S/C31H32Cl2FN3O4/c1-16-4-3-5-23(17(16)2)36-29(39)27-31-11-10-24(41-31)25(28(38)35-22-13-19(32)12-20(33)14-22)26(31)30(40)37(27)15-18-6-8-21(34)9-7-18/h6-14,16-17,23-27H,3-5,15H2,1-2H3,(H,35,38)(H,36,39)/t16-,17+,23+,24+,25-,26+,27+,31+/m1/s1. The number of amides is 3. The number of carbonyl (C=O) groups is 3. The third-order valence-corrected chi connectivity index (χ3v) is 9.79. The lowest BCUT2D eigenvalue weighted by molar-refractivity contribution is -0.142. The van der Waals surface area contributed by atoms with Crippen LogP contribution in [0.5, 0.6) is 0 Å². The maximum Gasteiger partial charge on any atom is 0.246 e. The largest absolute Gasteiger partial charge is 0.359 e. The summed E-state index contributed by atoms with van der Waals surface area (Å²) in [5, 5.41) is 6.79. The molecule has 6 rings (SSSR count). The van der Waals surface area contributed by atoms with Crippen LogP contribution in [-0.2, 0) is 25.7 Å². The number of hydrogen-bond acceptors (Lipinski definition) is 4. The predicted molar refractivity (Wildman–Crippen MR) is 154 cm³/mol. The summed E-state index contributed by atoms with van der Waals surface area (Å²) < 4.78 is 20.1. The van der Waals surface area contributed by atoms with E-state index in [1.807, 2.05) is 0 Å². The van der Waals surface area contributed by atoms with E-state index in [1.165, 1.54) is 17.0 Å². The van der Waals surface area contributed by atoms with Crippen LogP contribution >= 0.6 is 23.2 Å². The van der Waals surface area contributed by atoms with Crippen LogP contribution in [0.2, 0.25) is 10.0 Å². The van der Waals surface area contributed by atoms with E-state index < -0.39 is 41.3 Å². The van der Waals surface area contributed by atoms with Crippen LogP contribution in [-0.4, -0.2) is 46.4 Å². The molecule has 3 aliphatic heterocycles. The zero-order valence-corrected chi connectivity index (χ0v) is 24.3. The van der Waals surface area contributed by atoms with Gasteiger partial charge in [0.2, 0.25) is 17.7 Å². The maximum absolute atomic E-state index is 14.2. The van der Waals surface area contributed by atoms with Gasteiger partial charge in [-0.3, -0.25) is 14.4 Å². The highest BCUT2D eigenvalue weighted by atomic mass is 35.5. The molecule has 2 bridgehead atoms. The van der Waals surface area contributed by atoms with Crippen LogP contribution in [0.15, 0.2) is 54.6 Å². The van der Waals surface area contributed by atoms with E-state index in [9.17, 15) is 18.8 Å². The molecular weight excluding hydrogens is 568 g/mol. The number of nitrogens with zero attached hydrogens (tertiary/aromatic N) is 1. The lowest BCUT2D eigenvalue weighted by atomic mass is 9.73. The highest BCUT2D eigenvalue weighted by Crippen LogP contribution is 2.55. The van der Waals surface area contributed by atoms with Crippen LogP contribution in [0.25, 0.3) is 0 Å². The molecule has 2 N–H and O–H groups in total. The quantitative estimate of drug-likeness (QED) is 0.437. The Kier molecular flexibility index (Phi) is 7.37. The lowest BCUT2D eigenvalue weighted by Gasteiger charge is -2.38. The monoisotopic (exact) mass is 599 g/mol. The van der Waals surface area contributed by atoms with E-state index in [4.69, 9.17) is 27.9 Å². The molecule has 1 saturated carbocycles. The van der Waals surface area contributed by atoms with Crippen LogP contribution in [0.1, 0.15) is 38.7 Å². The first kappa shape index (κ1) is 28.2. The molecule has 2 aromatic carbocycles. The Labute approximate surface area is 248 Å². The van der Waals surface area contributed by atoms with Crippen molar-refractivity contribution < 1.29 is 23.5 Å². The summed E-state index contributed by atoms with van der Waals surface area (Å²) >= 11 is 12.3. The molecule has 2 saturated heterocycles. The molecule has 3 fully saturated rings. The van der Waals surface area contributed by atoms with Gasteiger partial charge in [-0.05, 0) is 54.2 Å². The molecule has 10 heteroatoms. The number of halogens is 3. The zero-order chi connectivity index (χ0) is 29.1. The average molecular weight is 601 g/mol. The van der Waals surface area contributed by atoms with Gasteiger partial charge in [0.25, 0.3) is 0 Å². The lowest BCUT2D eigenvalue weighted by Crippen LogP contribution is -2.57. The van der Waals surface area contributed by atoms with E-state index in [2.05, 4.69) is 24.5 Å². The average Bonchev–Trinajstić information content (AvgIpc) is 3.55. The predicted octanol–water partition coefficient (Wildman–Crippen LogP) is 5.36. The first-order valence-electron chi connectivity index (χ1n) is 14.1. The van der Waals surface area contributed by atoms with Crippen molar-refractivity contribution in [3.05, 3.63) is 76.0 Å². The van der Waals surface area contributed by atoms with E-state index in [0.29, 0.717) is 27.2 Å². The molecule has 2 aromatic rings. The van der Waals surface area contributed by atoms with Gasteiger partial charge in [-0.25, -0.2) is 4.39 Å². The molecule has 7 nitrogen and oxygen atoms in total. The maximum atomic E-state index is 14.2. The second-order valence-corrected chi connectivity index (χ2v) is 12.7. The molecule has 1 aliphatic carbocycles. The van der Waals surface area contributed by atoms with Crippen molar-refractivity contribution in [2.45, 2.75) is 63.4 Å². The SMILES string of the molecule is C[C@H]1[C@H](C)CCC[C@@H]1NC(=O)[C@@H]1N(Cc2ccc(F)cc2)C(=O)[C@@H]2[C@H](C(=O)Nc3cc(Cl)cc(Cl)c3)[C@@H]3C=C[C@]21O3. The molecule has 3 amide bonds. The summed E-state index contributed by atoms with van der Waals surface area (Å²) in [7, 11) is 0. The second-order valence-electron chi connectivity index (χ2n) is 11.8. The Morgan fingerprint density at radius 2 is 1.78 bits per heavy atom. The summed E-state index contributed by atoms with van der Waals surface area (Å²) in [6.07, 6.45) is 5.87. The first-order valence-corrected chi connectivity index (χ1v) is 14.8. The molecule has 0 aromatic heterocycles. The number of benzene rings is 2. The molecule has 0 radical (unpaired) electrons. The van der Waals surface area contributed by atoms with Crippen LogP contribution < -0.4 is 10.6 Å². The summed E-state index contributed by atoms with van der Waals surface area (Å²) in [6.45, 7) is 4.41. The number of carbonyl (C=O) groups excluding carboxylic acids is 3. The van der Waals surface area contributed by atoms with Gasteiger partial charge in [0.15, 0.2) is 0 Å². The van der Waals surface area contributed by atoms with Gasteiger partial charge in [0.1, 0.15) is 17.5 Å². The summed E-state index contributed by atoms with van der Waals surface area (Å²) in [5.74, 6) is -2.50. The number of anilines is 1. The smallest absolute Gasteiger partial charge is 0.246 e. The third kappa shape index (κ3) is 4.94. The Hall–Kier alpha value is -2.94. The highest BCUT2D eigenvalue weighted by Gasteiger charge is 2.72. The van der Waals surface area contributed by atoms with E-state index >= 15 is 0 Å².